The molecule has 1 rings (SSSR count). The lowest BCUT2D eigenvalue weighted by atomic mass is 10.0. The van der Waals surface area contributed by atoms with E-state index in [1.807, 2.05) is 0 Å². The highest BCUT2D eigenvalue weighted by atomic mass is 16.4. The number of nitrogens with two attached hydrogens (primary N) is 2. The summed E-state index contributed by atoms with van der Waals surface area (Å²) in [4.78, 5) is 70.1. The molecule has 0 aliphatic carbocycles. The highest BCUT2D eigenvalue weighted by Crippen LogP contribution is 2.09. The lowest BCUT2D eigenvalue weighted by molar-refractivity contribution is -0.143. The first kappa shape index (κ1) is 35.7. The number of nitrogens with one attached hydrogen (secondary N) is 4. The molecule has 3 amide bonds. The van der Waals surface area contributed by atoms with Crippen molar-refractivity contribution in [2.75, 3.05) is 19.6 Å². The van der Waals surface area contributed by atoms with Crippen LogP contribution in [0.3, 0.4) is 0 Å². The molecule has 0 bridgehead atoms. The topological polar surface area (TPSA) is 263 Å². The van der Waals surface area contributed by atoms with Gasteiger partial charge in [0.15, 0.2) is 0 Å². The molecular weight excluding hydrogens is 516 g/mol. The Morgan fingerprint density at radius 1 is 0.795 bits per heavy atom. The fourth-order valence-electron chi connectivity index (χ4n) is 3.77. The van der Waals surface area contributed by atoms with E-state index in [0.29, 0.717) is 51.7 Å². The van der Waals surface area contributed by atoms with Crippen LogP contribution < -0.4 is 32.7 Å². The van der Waals surface area contributed by atoms with Crippen molar-refractivity contribution in [1.29, 1.82) is 0 Å². The zero-order valence-electron chi connectivity index (χ0n) is 22.4. The quantitative estimate of drug-likeness (QED) is 0.0866. The van der Waals surface area contributed by atoms with Crippen molar-refractivity contribution in [2.45, 2.75) is 95.3 Å². The third-order valence-corrected chi connectivity index (χ3v) is 5.80. The number of rotatable bonds is 18. The van der Waals surface area contributed by atoms with Gasteiger partial charge >= 0.3 is 11.9 Å². The predicted octanol–water partition coefficient (Wildman–Crippen LogP) is -1.51. The van der Waals surface area contributed by atoms with Gasteiger partial charge in [0.05, 0.1) is 6.04 Å². The number of unbranched alkanes of at least 4 members (excludes halogenated alkanes) is 2. The lowest BCUT2D eigenvalue weighted by Crippen LogP contribution is -2.57. The van der Waals surface area contributed by atoms with E-state index in [2.05, 4.69) is 21.3 Å². The molecule has 15 nitrogen and oxygen atoms in total. The summed E-state index contributed by atoms with van der Waals surface area (Å²) in [6, 6.07) is -3.84. The molecule has 0 radical (unpaired) electrons. The van der Waals surface area contributed by atoms with Gasteiger partial charge in [-0.05, 0) is 77.4 Å². The summed E-state index contributed by atoms with van der Waals surface area (Å²) in [5.41, 5.74) is 11.0. The second-order valence-electron chi connectivity index (χ2n) is 9.19. The maximum atomic E-state index is 13.0. The largest absolute Gasteiger partial charge is 0.481 e. The van der Waals surface area contributed by atoms with Gasteiger partial charge in [-0.2, -0.15) is 0 Å². The minimum absolute atomic E-state index is 0.143. The van der Waals surface area contributed by atoms with Crippen LogP contribution in [0.2, 0.25) is 0 Å². The average Bonchev–Trinajstić information content (AvgIpc) is 3.40. The standard InChI is InChI=1S/C22H40N6O7.C2H4O2/c23-11-3-1-6-15(26-19(31)14-8-5-13-25-14)20(32)27-16(9-10-18(29)30)21(33)28-17(22(34)35)7-2-4-12-24;1-2(3)4/h14-17,25H,1-13,23-24H2,(H,26,31)(H,27,32)(H,28,33)(H,29,30)(H,34,35);1H3,(H,3,4). The Kier molecular flexibility index (Phi) is 18.9. The fourth-order valence-corrected chi connectivity index (χ4v) is 3.77. The van der Waals surface area contributed by atoms with E-state index in [9.17, 15) is 29.1 Å². The zero-order valence-corrected chi connectivity index (χ0v) is 22.4. The maximum Gasteiger partial charge on any atom is 0.326 e. The summed E-state index contributed by atoms with van der Waals surface area (Å²) in [5, 5.41) is 36.6. The van der Waals surface area contributed by atoms with E-state index in [1.165, 1.54) is 0 Å². The van der Waals surface area contributed by atoms with Gasteiger partial charge in [-0.3, -0.25) is 24.0 Å². The van der Waals surface area contributed by atoms with E-state index < -0.39 is 60.3 Å². The van der Waals surface area contributed by atoms with Crippen LogP contribution in [0.5, 0.6) is 0 Å². The molecule has 0 aromatic carbocycles. The van der Waals surface area contributed by atoms with Gasteiger partial charge in [-0.1, -0.05) is 0 Å². The van der Waals surface area contributed by atoms with Gasteiger partial charge in [0.2, 0.25) is 17.7 Å². The van der Waals surface area contributed by atoms with Crippen LogP contribution in [-0.2, 0) is 28.8 Å². The van der Waals surface area contributed by atoms with Crippen LogP contribution in [0.1, 0.15) is 71.1 Å². The number of carboxylic acids is 3. The number of amides is 3. The minimum atomic E-state index is -1.28. The van der Waals surface area contributed by atoms with E-state index in [4.69, 9.17) is 26.5 Å². The Morgan fingerprint density at radius 3 is 1.72 bits per heavy atom. The van der Waals surface area contributed by atoms with E-state index >= 15 is 0 Å². The van der Waals surface area contributed by atoms with Crippen LogP contribution in [0.4, 0.5) is 0 Å². The summed E-state index contributed by atoms with van der Waals surface area (Å²) in [7, 11) is 0. The molecule has 0 aromatic heterocycles. The smallest absolute Gasteiger partial charge is 0.326 e. The van der Waals surface area contributed by atoms with Crippen LogP contribution in [0.15, 0.2) is 0 Å². The van der Waals surface area contributed by atoms with Gasteiger partial charge in [0, 0.05) is 13.3 Å². The molecule has 224 valence electrons. The Morgan fingerprint density at radius 2 is 1.28 bits per heavy atom. The molecular formula is C24H44N6O9. The van der Waals surface area contributed by atoms with Crippen molar-refractivity contribution in [3.63, 3.8) is 0 Å². The Labute approximate surface area is 227 Å². The Bertz CT molecular complexity index is 801. The van der Waals surface area contributed by atoms with Crippen molar-refractivity contribution in [3.05, 3.63) is 0 Å². The van der Waals surface area contributed by atoms with Gasteiger partial charge < -0.3 is 48.1 Å². The number of carbonyl (C=O) groups is 6. The Hall–Kier alpha value is -3.30. The molecule has 1 heterocycles. The van der Waals surface area contributed by atoms with Gasteiger partial charge in [0.1, 0.15) is 18.1 Å². The summed E-state index contributed by atoms with van der Waals surface area (Å²) in [6.45, 7) is 2.58. The summed E-state index contributed by atoms with van der Waals surface area (Å²) in [6.07, 6.45) is 3.51. The first-order valence-electron chi connectivity index (χ1n) is 13.1. The minimum Gasteiger partial charge on any atom is -0.481 e. The van der Waals surface area contributed by atoms with E-state index in [0.717, 1.165) is 13.3 Å². The SMILES string of the molecule is CC(=O)O.NCCCCC(NC(=O)C(CCC(=O)O)NC(=O)C(CCCCN)NC(=O)C1CCCN1)C(=O)O. The van der Waals surface area contributed by atoms with E-state index in [-0.39, 0.29) is 25.2 Å². The summed E-state index contributed by atoms with van der Waals surface area (Å²) < 4.78 is 0. The molecule has 0 saturated carbocycles. The molecule has 0 aromatic rings. The second kappa shape index (κ2) is 20.6. The van der Waals surface area contributed by atoms with Crippen LogP contribution in [0.25, 0.3) is 0 Å². The molecule has 1 aliphatic heterocycles. The zero-order chi connectivity index (χ0) is 29.8. The lowest BCUT2D eigenvalue weighted by Gasteiger charge is -2.25. The molecule has 1 saturated heterocycles. The normalized spacial score (nSPS) is 16.5. The summed E-state index contributed by atoms with van der Waals surface area (Å²) in [5.74, 6) is -5.02. The number of carboxylic acid groups (broad SMARTS) is 3. The highest BCUT2D eigenvalue weighted by molar-refractivity contribution is 5.94. The van der Waals surface area contributed by atoms with Crippen molar-refractivity contribution >= 4 is 35.6 Å². The molecule has 1 fully saturated rings. The molecule has 11 N–H and O–H groups in total. The molecule has 0 spiro atoms. The second-order valence-corrected chi connectivity index (χ2v) is 9.19. The maximum absolute atomic E-state index is 13.0. The van der Waals surface area contributed by atoms with Crippen molar-refractivity contribution in [1.82, 2.24) is 21.3 Å². The Balaban J connectivity index is 0.00000336. The number of carbonyl (C=O) groups excluding carboxylic acids is 3. The molecule has 1 aliphatic rings. The predicted molar refractivity (Wildman–Crippen MR) is 140 cm³/mol. The van der Waals surface area contributed by atoms with Gasteiger partial charge in [0.25, 0.3) is 5.97 Å². The average molecular weight is 561 g/mol. The number of aliphatic carboxylic acids is 3. The first-order valence-corrected chi connectivity index (χ1v) is 13.1. The molecule has 39 heavy (non-hydrogen) atoms. The third-order valence-electron chi connectivity index (χ3n) is 5.80. The van der Waals surface area contributed by atoms with Crippen molar-refractivity contribution in [2.24, 2.45) is 11.5 Å². The van der Waals surface area contributed by atoms with Crippen LogP contribution in [0, 0.1) is 0 Å². The summed E-state index contributed by atoms with van der Waals surface area (Å²) >= 11 is 0. The van der Waals surface area contributed by atoms with Crippen LogP contribution in [-0.4, -0.2) is 94.8 Å². The van der Waals surface area contributed by atoms with E-state index in [1.54, 1.807) is 0 Å². The molecule has 15 heteroatoms. The molecule has 4 atom stereocenters. The van der Waals surface area contributed by atoms with Crippen LogP contribution >= 0.6 is 0 Å². The van der Waals surface area contributed by atoms with Gasteiger partial charge in [-0.15, -0.1) is 0 Å². The van der Waals surface area contributed by atoms with Gasteiger partial charge in [-0.25, -0.2) is 4.79 Å². The molecule has 4 unspecified atom stereocenters. The monoisotopic (exact) mass is 560 g/mol. The highest BCUT2D eigenvalue weighted by Gasteiger charge is 2.31. The van der Waals surface area contributed by atoms with Crippen molar-refractivity contribution in [3.8, 4) is 0 Å². The number of hydrogen-bond donors (Lipinski definition) is 9. The fraction of sp³-hybridized carbons (Fsp3) is 0.750. The van der Waals surface area contributed by atoms with Crippen molar-refractivity contribution < 1.29 is 44.1 Å². The first-order chi connectivity index (χ1) is 18.4. The number of hydrogen-bond acceptors (Lipinski definition) is 9. The third kappa shape index (κ3) is 17.0.